The first-order valence-corrected chi connectivity index (χ1v) is 20.4. The number of carbonyl (C=O) groups is 4. The van der Waals surface area contributed by atoms with Crippen molar-refractivity contribution in [3.63, 3.8) is 0 Å². The lowest BCUT2D eigenvalue weighted by molar-refractivity contribution is -0.143. The monoisotopic (exact) mass is 858 g/mol. The summed E-state index contributed by atoms with van der Waals surface area (Å²) in [6.07, 6.45) is 1.06. The molecule has 0 saturated heterocycles. The quantitative estimate of drug-likeness (QED) is 0.0582. The zero-order valence-electron chi connectivity index (χ0n) is 36.1. The minimum Gasteiger partial charge on any atom is -0.481 e. The zero-order chi connectivity index (χ0) is 46.1. The van der Waals surface area contributed by atoms with Crippen molar-refractivity contribution in [2.45, 2.75) is 53.4 Å². The maximum atomic E-state index is 12.4. The minimum atomic E-state index is -0.745. The molecule has 0 aliphatic carbocycles. The molecular weight excluding hydrogens is 809 g/mol. The van der Waals surface area contributed by atoms with E-state index in [1.807, 2.05) is 109 Å². The predicted molar refractivity (Wildman–Crippen MR) is 251 cm³/mol. The standard InChI is InChI=1S/C30H24N2O4.C19H20N2O2.C3H6O2/c1-22(31-35-29(33)26-13-7-3-8-14-26)21-28(32-36-30(34)27-15-9-4-10-16-27)25-19-17-24(18-20-25)23-11-5-2-6-12-23;1-3-19(22)23-21-14(2)13-18(20)17-11-9-16(10-12-17)15-7-5-4-6-8-15;1-2-3(4)5/h2-20H,21H2,1H3;4-12,20H,3,13H2,1-2H3;2H2,1H3,(H,4,5)/b31-22+,32-28-;20-18?,21-14+;. The van der Waals surface area contributed by atoms with Crippen LogP contribution in [-0.2, 0) is 24.1 Å². The zero-order valence-corrected chi connectivity index (χ0v) is 36.1. The van der Waals surface area contributed by atoms with Gasteiger partial charge in [0.05, 0.1) is 28.3 Å². The van der Waals surface area contributed by atoms with Gasteiger partial charge in [-0.3, -0.25) is 4.79 Å². The third kappa shape index (κ3) is 16.7. The van der Waals surface area contributed by atoms with Crippen LogP contribution in [0, 0.1) is 5.41 Å². The van der Waals surface area contributed by atoms with Gasteiger partial charge in [0.25, 0.3) is 0 Å². The lowest BCUT2D eigenvalue weighted by Gasteiger charge is -2.08. The molecule has 0 atom stereocenters. The molecule has 0 amide bonds. The van der Waals surface area contributed by atoms with Crippen molar-refractivity contribution in [3.05, 3.63) is 192 Å². The molecule has 12 heteroatoms. The number of carboxylic acid groups (broad SMARTS) is 1. The van der Waals surface area contributed by atoms with E-state index in [0.717, 1.165) is 33.4 Å². The van der Waals surface area contributed by atoms with Gasteiger partial charge in [-0.05, 0) is 71.5 Å². The van der Waals surface area contributed by atoms with E-state index >= 15 is 0 Å². The minimum absolute atomic E-state index is 0.203. The molecule has 0 radical (unpaired) electrons. The van der Waals surface area contributed by atoms with Crippen LogP contribution in [0.4, 0.5) is 0 Å². The van der Waals surface area contributed by atoms with Gasteiger partial charge in [-0.2, -0.15) is 0 Å². The Morgan fingerprint density at radius 1 is 0.453 bits per heavy atom. The fourth-order valence-corrected chi connectivity index (χ4v) is 5.50. The van der Waals surface area contributed by atoms with Gasteiger partial charge in [-0.15, -0.1) is 0 Å². The van der Waals surface area contributed by atoms with Crippen LogP contribution < -0.4 is 0 Å². The summed E-state index contributed by atoms with van der Waals surface area (Å²) < 4.78 is 0. The number of benzene rings is 6. The average molecular weight is 859 g/mol. The summed E-state index contributed by atoms with van der Waals surface area (Å²) in [4.78, 5) is 60.1. The number of carboxylic acids is 1. The molecule has 0 spiro atoms. The summed E-state index contributed by atoms with van der Waals surface area (Å²) in [5.74, 6) is -2.25. The topological polar surface area (TPSA) is 177 Å². The van der Waals surface area contributed by atoms with Gasteiger partial charge < -0.3 is 25.0 Å². The van der Waals surface area contributed by atoms with E-state index in [9.17, 15) is 19.2 Å². The van der Waals surface area contributed by atoms with Crippen molar-refractivity contribution in [1.29, 1.82) is 5.41 Å². The summed E-state index contributed by atoms with van der Waals surface area (Å²) in [6, 6.07) is 52.9. The van der Waals surface area contributed by atoms with Crippen LogP contribution in [0.25, 0.3) is 22.3 Å². The van der Waals surface area contributed by atoms with E-state index in [-0.39, 0.29) is 25.2 Å². The molecule has 0 saturated carbocycles. The van der Waals surface area contributed by atoms with E-state index in [0.29, 0.717) is 40.4 Å². The Labute approximate surface area is 373 Å². The van der Waals surface area contributed by atoms with E-state index in [2.05, 4.69) is 27.6 Å². The van der Waals surface area contributed by atoms with Crippen molar-refractivity contribution in [2.24, 2.45) is 15.5 Å². The smallest absolute Gasteiger partial charge is 0.365 e. The van der Waals surface area contributed by atoms with Gasteiger partial charge >= 0.3 is 23.9 Å². The number of hydrogen-bond donors (Lipinski definition) is 2. The maximum Gasteiger partial charge on any atom is 0.365 e. The Balaban J connectivity index is 0.000000274. The summed E-state index contributed by atoms with van der Waals surface area (Å²) >= 11 is 0. The number of rotatable bonds is 15. The van der Waals surface area contributed by atoms with Crippen LogP contribution in [0.15, 0.2) is 185 Å². The van der Waals surface area contributed by atoms with Crippen molar-refractivity contribution in [1.82, 2.24) is 0 Å². The number of carbonyl (C=O) groups excluding carboxylic acids is 3. The van der Waals surface area contributed by atoms with E-state index in [4.69, 9.17) is 25.0 Å². The van der Waals surface area contributed by atoms with E-state index in [1.165, 1.54) is 0 Å². The SMILES string of the molecule is C/C(C/C(=N/OC(=O)c1ccccc1)c1ccc(-c2ccccc2)cc1)=N\OC(=O)c1ccccc1.CCC(=O)O.CCC(=O)O/N=C(\C)CC(=N)c1ccc(-c2ccccc2)cc1. The van der Waals surface area contributed by atoms with E-state index in [1.54, 1.807) is 76.2 Å². The lowest BCUT2D eigenvalue weighted by atomic mass is 10.0. The molecule has 0 aromatic heterocycles. The van der Waals surface area contributed by atoms with Crippen LogP contribution in [-0.4, -0.2) is 51.8 Å². The second-order valence-electron chi connectivity index (χ2n) is 14.0. The molecule has 6 rings (SSSR count). The normalized spacial score (nSPS) is 11.1. The van der Waals surface area contributed by atoms with Crippen molar-refractivity contribution < 1.29 is 38.8 Å². The number of nitrogens with zero attached hydrogens (tertiary/aromatic N) is 3. The highest BCUT2D eigenvalue weighted by molar-refractivity contribution is 6.12. The molecule has 0 heterocycles. The Hall–Kier alpha value is -8.12. The first-order chi connectivity index (χ1) is 31.0. The fraction of sp³-hybridized carbons (Fsp3) is 0.154. The van der Waals surface area contributed by atoms with Crippen LogP contribution in [0.2, 0.25) is 0 Å². The summed E-state index contributed by atoms with van der Waals surface area (Å²) in [5.41, 5.74) is 8.77. The number of nitrogens with one attached hydrogen (secondary N) is 1. The van der Waals surface area contributed by atoms with Crippen molar-refractivity contribution in [3.8, 4) is 22.3 Å². The molecule has 0 fully saturated rings. The van der Waals surface area contributed by atoms with E-state index < -0.39 is 17.9 Å². The van der Waals surface area contributed by atoms with Gasteiger partial charge in [0, 0.05) is 31.4 Å². The largest absolute Gasteiger partial charge is 0.481 e. The molecular formula is C52H50N4O8. The number of aliphatic carboxylic acids is 1. The molecule has 0 aliphatic heterocycles. The Bertz CT molecular complexity index is 2520. The summed E-state index contributed by atoms with van der Waals surface area (Å²) in [6.45, 7) is 6.77. The molecule has 64 heavy (non-hydrogen) atoms. The third-order valence-electron chi connectivity index (χ3n) is 8.96. The van der Waals surface area contributed by atoms with Crippen molar-refractivity contribution in [2.75, 3.05) is 0 Å². The van der Waals surface area contributed by atoms with Crippen molar-refractivity contribution >= 4 is 46.7 Å². The molecule has 6 aromatic rings. The molecule has 0 bridgehead atoms. The summed E-state index contributed by atoms with van der Waals surface area (Å²) in [5, 5.41) is 27.7. The third-order valence-corrected chi connectivity index (χ3v) is 8.96. The number of hydrogen-bond acceptors (Lipinski definition) is 11. The Morgan fingerprint density at radius 2 is 0.812 bits per heavy atom. The van der Waals surface area contributed by atoms with Gasteiger partial charge in [0.1, 0.15) is 0 Å². The number of oxime groups is 3. The fourth-order valence-electron chi connectivity index (χ4n) is 5.50. The van der Waals surface area contributed by atoms with Crippen LogP contribution in [0.3, 0.4) is 0 Å². The maximum absolute atomic E-state index is 12.4. The van der Waals surface area contributed by atoms with Crippen LogP contribution in [0.5, 0.6) is 0 Å². The highest BCUT2D eigenvalue weighted by Crippen LogP contribution is 2.22. The van der Waals surface area contributed by atoms with Gasteiger partial charge in [-0.25, -0.2) is 14.4 Å². The molecule has 0 unspecified atom stereocenters. The van der Waals surface area contributed by atoms with Gasteiger partial charge in [0.15, 0.2) is 0 Å². The molecule has 326 valence electrons. The highest BCUT2D eigenvalue weighted by Gasteiger charge is 2.13. The first-order valence-electron chi connectivity index (χ1n) is 20.4. The first kappa shape index (κ1) is 48.5. The molecule has 6 aromatic carbocycles. The molecule has 2 N–H and O–H groups in total. The highest BCUT2D eigenvalue weighted by atomic mass is 16.7. The van der Waals surface area contributed by atoms with Crippen LogP contribution in [0.1, 0.15) is 85.2 Å². The van der Waals surface area contributed by atoms with Gasteiger partial charge in [0.2, 0.25) is 0 Å². The molecule has 0 aliphatic rings. The van der Waals surface area contributed by atoms with Crippen LogP contribution >= 0.6 is 0 Å². The summed E-state index contributed by atoms with van der Waals surface area (Å²) in [7, 11) is 0. The Kier molecular flexibility index (Phi) is 19.9. The second-order valence-corrected chi connectivity index (χ2v) is 14.0. The average Bonchev–Trinajstić information content (AvgIpc) is 3.35. The second kappa shape index (κ2) is 26.3. The Morgan fingerprint density at radius 3 is 1.23 bits per heavy atom. The lowest BCUT2D eigenvalue weighted by Crippen LogP contribution is -2.11. The molecule has 12 nitrogen and oxygen atoms in total. The predicted octanol–water partition coefficient (Wildman–Crippen LogP) is 11.5. The van der Waals surface area contributed by atoms with Gasteiger partial charge in [-0.1, -0.05) is 175 Å².